The van der Waals surface area contributed by atoms with E-state index in [0.29, 0.717) is 12.0 Å². The topological polar surface area (TPSA) is 74.6 Å². The number of carbonyl (C=O) groups is 1. The Morgan fingerprint density at radius 3 is 2.80 bits per heavy atom. The molecule has 7 heteroatoms. The van der Waals surface area contributed by atoms with Crippen molar-refractivity contribution >= 4 is 61.0 Å². The van der Waals surface area contributed by atoms with Crippen LogP contribution in [0.3, 0.4) is 0 Å². The summed E-state index contributed by atoms with van der Waals surface area (Å²) in [6, 6.07) is 13.2. The van der Waals surface area contributed by atoms with Gasteiger partial charge in [0.05, 0.1) is 21.5 Å². The number of rotatable bonds is 5. The third kappa shape index (κ3) is 3.94. The minimum Gasteiger partial charge on any atom is -0.478 e. The first-order valence-corrected chi connectivity index (χ1v) is 10.6. The van der Waals surface area contributed by atoms with Crippen LogP contribution in [0.15, 0.2) is 65.3 Å². The summed E-state index contributed by atoms with van der Waals surface area (Å²) >= 11 is 7.12. The number of nitrogens with zero attached hydrogens (tertiary/aromatic N) is 2. The summed E-state index contributed by atoms with van der Waals surface area (Å²) in [7, 11) is 0. The molecule has 0 atom stereocenters. The highest BCUT2D eigenvalue weighted by atomic mass is 32.1. The molecule has 0 aliphatic heterocycles. The van der Waals surface area contributed by atoms with Crippen LogP contribution in [0.2, 0.25) is 0 Å². The number of allylic oxidation sites excluding steroid dienone is 4. The number of aromatic nitrogens is 1. The molecule has 1 aromatic heterocycles. The molecular formula is C23H19N3O2S2. The molecule has 2 aromatic carbocycles. The molecule has 0 radical (unpaired) electrons. The Hall–Kier alpha value is -3.16. The second-order valence-corrected chi connectivity index (χ2v) is 8.45. The summed E-state index contributed by atoms with van der Waals surface area (Å²) in [5.41, 5.74) is 8.46. The van der Waals surface area contributed by atoms with Crippen molar-refractivity contribution in [3.8, 4) is 0 Å². The minimum atomic E-state index is -0.940. The predicted molar refractivity (Wildman–Crippen MR) is 128 cm³/mol. The lowest BCUT2D eigenvalue weighted by Gasteiger charge is -2.18. The Balaban J connectivity index is 1.62. The molecule has 0 saturated heterocycles. The van der Waals surface area contributed by atoms with E-state index in [9.17, 15) is 9.90 Å². The van der Waals surface area contributed by atoms with Crippen LogP contribution in [0.4, 0.5) is 5.13 Å². The molecule has 2 N–H and O–H groups in total. The van der Waals surface area contributed by atoms with Gasteiger partial charge in [-0.25, -0.2) is 9.78 Å². The second-order valence-electron chi connectivity index (χ2n) is 6.92. The van der Waals surface area contributed by atoms with Gasteiger partial charge in [0, 0.05) is 11.3 Å². The predicted octanol–water partition coefficient (Wildman–Crippen LogP) is 5.87. The van der Waals surface area contributed by atoms with E-state index < -0.39 is 5.97 Å². The van der Waals surface area contributed by atoms with Crippen molar-refractivity contribution in [2.75, 3.05) is 5.43 Å². The number of nitrogens with one attached hydrogen (secondary N) is 1. The van der Waals surface area contributed by atoms with Crippen molar-refractivity contribution in [1.29, 1.82) is 0 Å². The number of hydrazone groups is 1. The summed E-state index contributed by atoms with van der Waals surface area (Å²) in [6.07, 6.45) is 4.64. The van der Waals surface area contributed by atoms with Gasteiger partial charge in [-0.05, 0) is 60.4 Å². The Labute approximate surface area is 183 Å². The molecule has 4 rings (SSSR count). The summed E-state index contributed by atoms with van der Waals surface area (Å²) in [6.45, 7) is 3.74. The van der Waals surface area contributed by atoms with Crippen molar-refractivity contribution in [3.05, 3.63) is 76.9 Å². The highest BCUT2D eigenvalue weighted by molar-refractivity contribution is 7.81. The first-order valence-electron chi connectivity index (χ1n) is 9.38. The van der Waals surface area contributed by atoms with Crippen LogP contribution in [-0.2, 0) is 0 Å². The smallest absolute Gasteiger partial charge is 0.335 e. The van der Waals surface area contributed by atoms with E-state index in [-0.39, 0.29) is 5.56 Å². The van der Waals surface area contributed by atoms with Gasteiger partial charge in [-0.15, -0.1) is 0 Å². The SMILES string of the molecule is CC(=NNc1nc2ccccc2s1)C1=CCC(=S)C(c2cccc(C(=O)O)c2C)=C1. The summed E-state index contributed by atoms with van der Waals surface area (Å²) < 4.78 is 1.10. The van der Waals surface area contributed by atoms with Gasteiger partial charge in [0.1, 0.15) is 0 Å². The lowest BCUT2D eigenvalue weighted by Crippen LogP contribution is -2.11. The molecule has 1 aliphatic rings. The lowest BCUT2D eigenvalue weighted by molar-refractivity contribution is 0.0696. The molecule has 150 valence electrons. The number of carboxylic acids is 1. The maximum Gasteiger partial charge on any atom is 0.335 e. The van der Waals surface area contributed by atoms with Crippen LogP contribution in [0.5, 0.6) is 0 Å². The molecule has 1 heterocycles. The summed E-state index contributed by atoms with van der Waals surface area (Å²) in [4.78, 5) is 16.8. The van der Waals surface area contributed by atoms with Crippen molar-refractivity contribution in [1.82, 2.24) is 4.98 Å². The molecule has 0 amide bonds. The fraction of sp³-hybridized carbons (Fsp3) is 0.130. The van der Waals surface area contributed by atoms with Crippen LogP contribution in [0.1, 0.15) is 34.8 Å². The van der Waals surface area contributed by atoms with E-state index in [1.165, 1.54) is 0 Å². The van der Waals surface area contributed by atoms with Crippen molar-refractivity contribution in [2.24, 2.45) is 5.10 Å². The Kier molecular flexibility index (Phi) is 5.57. The van der Waals surface area contributed by atoms with Crippen molar-refractivity contribution in [3.63, 3.8) is 0 Å². The quantitative estimate of drug-likeness (QED) is 0.299. The highest BCUT2D eigenvalue weighted by Crippen LogP contribution is 2.30. The number of aromatic carboxylic acids is 1. The zero-order valence-corrected chi connectivity index (χ0v) is 18.1. The largest absolute Gasteiger partial charge is 0.478 e. The molecule has 0 unspecified atom stereocenters. The maximum absolute atomic E-state index is 11.5. The maximum atomic E-state index is 11.5. The number of hydrogen-bond acceptors (Lipinski definition) is 6. The number of fused-ring (bicyclic) bond motifs is 1. The normalized spacial score (nSPS) is 14.5. The first-order chi connectivity index (χ1) is 14.4. The Bertz CT molecular complexity index is 1240. The number of hydrogen-bond donors (Lipinski definition) is 2. The molecule has 30 heavy (non-hydrogen) atoms. The van der Waals surface area contributed by atoms with Crippen LogP contribution in [0, 0.1) is 6.92 Å². The average molecular weight is 434 g/mol. The number of thiazole rings is 1. The summed E-state index contributed by atoms with van der Waals surface area (Å²) in [5, 5.41) is 14.7. The van der Waals surface area contributed by atoms with Gasteiger partial charge < -0.3 is 5.11 Å². The van der Waals surface area contributed by atoms with E-state index in [1.807, 2.05) is 56.3 Å². The van der Waals surface area contributed by atoms with Crippen LogP contribution >= 0.6 is 23.6 Å². The van der Waals surface area contributed by atoms with Crippen LogP contribution in [0.25, 0.3) is 15.8 Å². The third-order valence-electron chi connectivity index (χ3n) is 4.99. The molecule has 5 nitrogen and oxygen atoms in total. The summed E-state index contributed by atoms with van der Waals surface area (Å²) in [5.74, 6) is -0.940. The van der Waals surface area contributed by atoms with Crippen molar-refractivity contribution in [2.45, 2.75) is 20.3 Å². The molecular weight excluding hydrogens is 414 g/mol. The molecule has 0 saturated carbocycles. The minimum absolute atomic E-state index is 0.287. The standard InChI is InChI=1S/C23H19N3O2S2/c1-13-16(6-5-7-17(13)22(27)28)18-12-15(10-11-20(18)29)14(2)25-26-23-24-19-8-3-4-9-21(19)30-23/h3-10,12H,11H2,1-2H3,(H,24,26)(H,27,28). The van der Waals surface area contributed by atoms with Gasteiger partial charge in [-0.1, -0.05) is 53.9 Å². The zero-order chi connectivity index (χ0) is 21.3. The van der Waals surface area contributed by atoms with Gasteiger partial charge in [-0.3, -0.25) is 5.43 Å². The van der Waals surface area contributed by atoms with Gasteiger partial charge in [-0.2, -0.15) is 5.10 Å². The van der Waals surface area contributed by atoms with E-state index in [4.69, 9.17) is 12.2 Å². The molecule has 1 aliphatic carbocycles. The fourth-order valence-electron chi connectivity index (χ4n) is 3.36. The van der Waals surface area contributed by atoms with Gasteiger partial charge in [0.25, 0.3) is 0 Å². The molecule has 0 bridgehead atoms. The van der Waals surface area contributed by atoms with Crippen molar-refractivity contribution < 1.29 is 9.90 Å². The van der Waals surface area contributed by atoms with Crippen LogP contribution in [-0.4, -0.2) is 26.6 Å². The second kappa shape index (κ2) is 8.30. The van der Waals surface area contributed by atoms with Crippen LogP contribution < -0.4 is 5.43 Å². The van der Waals surface area contributed by atoms with E-state index in [0.717, 1.165) is 42.6 Å². The zero-order valence-electron chi connectivity index (χ0n) is 16.5. The monoisotopic (exact) mass is 433 g/mol. The van der Waals surface area contributed by atoms with Gasteiger partial charge >= 0.3 is 5.97 Å². The van der Waals surface area contributed by atoms with E-state index in [1.54, 1.807) is 23.5 Å². The average Bonchev–Trinajstić information content (AvgIpc) is 3.15. The van der Waals surface area contributed by atoms with E-state index >= 15 is 0 Å². The molecule has 0 fully saturated rings. The number of para-hydroxylation sites is 1. The number of carboxylic acid groups (broad SMARTS) is 1. The Morgan fingerprint density at radius 1 is 1.23 bits per heavy atom. The fourth-order valence-corrected chi connectivity index (χ4v) is 4.42. The number of thiocarbonyl (C=S) groups is 1. The molecule has 3 aromatic rings. The third-order valence-corrected chi connectivity index (χ3v) is 6.32. The first kappa shape index (κ1) is 20.1. The van der Waals surface area contributed by atoms with E-state index in [2.05, 4.69) is 15.5 Å². The lowest BCUT2D eigenvalue weighted by atomic mass is 9.88. The number of benzene rings is 2. The number of anilines is 1. The van der Waals surface area contributed by atoms with Gasteiger partial charge in [0.15, 0.2) is 0 Å². The Morgan fingerprint density at radius 2 is 2.03 bits per heavy atom. The van der Waals surface area contributed by atoms with Gasteiger partial charge in [0.2, 0.25) is 5.13 Å². The molecule has 0 spiro atoms. The highest BCUT2D eigenvalue weighted by Gasteiger charge is 2.19.